The molecule has 1 atom stereocenters. The summed E-state index contributed by atoms with van der Waals surface area (Å²) in [6.07, 6.45) is 0. The summed E-state index contributed by atoms with van der Waals surface area (Å²) in [6.45, 7) is 4.20. The van der Waals surface area contributed by atoms with E-state index in [2.05, 4.69) is 19.9 Å². The van der Waals surface area contributed by atoms with E-state index < -0.39 is 0 Å². The molecule has 0 aliphatic heterocycles. The van der Waals surface area contributed by atoms with Crippen molar-refractivity contribution in [2.75, 3.05) is 0 Å². The first kappa shape index (κ1) is 12.7. The third kappa shape index (κ3) is 2.18. The minimum atomic E-state index is -0.235. The van der Waals surface area contributed by atoms with Crippen LogP contribution in [0.3, 0.4) is 0 Å². The van der Waals surface area contributed by atoms with Crippen LogP contribution in [0, 0.1) is 13.8 Å². The van der Waals surface area contributed by atoms with Crippen molar-refractivity contribution in [2.45, 2.75) is 19.9 Å². The lowest BCUT2D eigenvalue weighted by Crippen LogP contribution is -2.08. The lowest BCUT2D eigenvalue weighted by Gasteiger charge is -2.04. The number of rotatable bonds is 2. The summed E-state index contributed by atoms with van der Waals surface area (Å²) in [6, 6.07) is 9.57. The second-order valence-electron chi connectivity index (χ2n) is 4.67. The minimum Gasteiger partial charge on any atom is -0.457 e. The summed E-state index contributed by atoms with van der Waals surface area (Å²) in [5, 5.41) is 1.61. The van der Waals surface area contributed by atoms with Crippen LogP contribution < -0.4 is 5.73 Å². The van der Waals surface area contributed by atoms with Gasteiger partial charge >= 0.3 is 0 Å². The van der Waals surface area contributed by atoms with Gasteiger partial charge in [-0.3, -0.25) is 0 Å². The van der Waals surface area contributed by atoms with Crippen molar-refractivity contribution in [3.05, 3.63) is 56.4 Å². The number of thiophene rings is 1. The molecule has 0 fully saturated rings. The largest absolute Gasteiger partial charge is 0.457 e. The van der Waals surface area contributed by atoms with Gasteiger partial charge in [0.05, 0.1) is 11.1 Å². The van der Waals surface area contributed by atoms with Gasteiger partial charge in [-0.05, 0) is 37.6 Å². The molecule has 0 bridgehead atoms. The molecule has 0 amide bonds. The number of nitrogens with two attached hydrogens (primary N) is 1. The Hall–Kier alpha value is -1.29. The third-order valence-corrected chi connectivity index (χ3v) is 4.85. The molecule has 0 saturated carbocycles. The molecule has 3 rings (SSSR count). The smallest absolute Gasteiger partial charge is 0.152 e. The minimum absolute atomic E-state index is 0.235. The van der Waals surface area contributed by atoms with Gasteiger partial charge in [0.1, 0.15) is 5.76 Å². The number of fused-ring (bicyclic) bond motifs is 1. The molecule has 1 aromatic carbocycles. The van der Waals surface area contributed by atoms with E-state index in [0.29, 0.717) is 10.6 Å². The third-order valence-electron chi connectivity index (χ3n) is 3.31. The lowest BCUT2D eigenvalue weighted by molar-refractivity contribution is 0.528. The van der Waals surface area contributed by atoms with Crippen LogP contribution in [0.5, 0.6) is 0 Å². The Labute approximate surface area is 120 Å². The first-order valence-electron chi connectivity index (χ1n) is 6.06. The molecule has 4 heteroatoms. The molecular formula is C15H14ClNOS. The second kappa shape index (κ2) is 4.67. The highest BCUT2D eigenvalue weighted by atomic mass is 35.5. The van der Waals surface area contributed by atoms with E-state index in [-0.39, 0.29) is 6.04 Å². The number of hydrogen-bond donors (Lipinski definition) is 1. The van der Waals surface area contributed by atoms with Crippen LogP contribution in [-0.2, 0) is 0 Å². The maximum absolute atomic E-state index is 6.29. The number of halogens is 1. The van der Waals surface area contributed by atoms with E-state index in [9.17, 15) is 0 Å². The Kier molecular flexibility index (Phi) is 3.13. The Morgan fingerprint density at radius 2 is 2.05 bits per heavy atom. The van der Waals surface area contributed by atoms with Crippen molar-refractivity contribution in [3.63, 3.8) is 0 Å². The second-order valence-corrected chi connectivity index (χ2v) is 6.37. The van der Waals surface area contributed by atoms with Crippen molar-refractivity contribution in [1.82, 2.24) is 0 Å². The molecule has 2 nitrogen and oxygen atoms in total. The molecule has 0 radical (unpaired) electrons. The standard InChI is InChI=1S/C15H14ClNOS/c1-8-6-13(19-9(8)2)14(17)12-7-10-4-3-5-11(16)15(10)18-12/h3-7,14H,17H2,1-2H3. The summed E-state index contributed by atoms with van der Waals surface area (Å²) < 4.78 is 5.81. The van der Waals surface area contributed by atoms with Crippen molar-refractivity contribution in [3.8, 4) is 0 Å². The van der Waals surface area contributed by atoms with Crippen LogP contribution in [0.1, 0.15) is 27.1 Å². The molecule has 2 heterocycles. The highest BCUT2D eigenvalue weighted by Crippen LogP contribution is 2.34. The van der Waals surface area contributed by atoms with Gasteiger partial charge in [-0.15, -0.1) is 11.3 Å². The molecule has 0 saturated heterocycles. The topological polar surface area (TPSA) is 39.2 Å². The highest BCUT2D eigenvalue weighted by Gasteiger charge is 2.17. The highest BCUT2D eigenvalue weighted by molar-refractivity contribution is 7.12. The Bertz CT molecular complexity index is 724. The average Bonchev–Trinajstić information content (AvgIpc) is 2.94. The van der Waals surface area contributed by atoms with Crippen LogP contribution in [0.4, 0.5) is 0 Å². The van der Waals surface area contributed by atoms with E-state index in [1.165, 1.54) is 10.4 Å². The molecule has 2 aromatic heterocycles. The fourth-order valence-corrected chi connectivity index (χ4v) is 3.37. The summed E-state index contributed by atoms with van der Waals surface area (Å²) in [7, 11) is 0. The quantitative estimate of drug-likeness (QED) is 0.736. The number of para-hydroxylation sites is 1. The van der Waals surface area contributed by atoms with Gasteiger partial charge in [0.15, 0.2) is 5.58 Å². The Morgan fingerprint density at radius 1 is 1.26 bits per heavy atom. The molecule has 1 unspecified atom stereocenters. The molecular weight excluding hydrogens is 278 g/mol. The molecule has 0 aliphatic rings. The summed E-state index contributed by atoms with van der Waals surface area (Å²) in [5.41, 5.74) is 8.26. The normalized spacial score (nSPS) is 13.1. The van der Waals surface area contributed by atoms with Crippen molar-refractivity contribution in [2.24, 2.45) is 5.73 Å². The van der Waals surface area contributed by atoms with Gasteiger partial charge in [-0.25, -0.2) is 0 Å². The number of aryl methyl sites for hydroxylation is 2. The van der Waals surface area contributed by atoms with Gasteiger partial charge in [0.25, 0.3) is 0 Å². The molecule has 0 aliphatic carbocycles. The number of benzene rings is 1. The van der Waals surface area contributed by atoms with E-state index in [1.807, 2.05) is 24.3 Å². The Morgan fingerprint density at radius 3 is 2.68 bits per heavy atom. The SMILES string of the molecule is Cc1cc(C(N)c2cc3cccc(Cl)c3o2)sc1C. The van der Waals surface area contributed by atoms with Gasteiger partial charge < -0.3 is 10.2 Å². The Balaban J connectivity index is 2.06. The predicted octanol–water partition coefficient (Wildman–Crippen LogP) is 4.81. The first-order chi connectivity index (χ1) is 9.06. The van der Waals surface area contributed by atoms with Crippen LogP contribution in [0.25, 0.3) is 11.0 Å². The maximum Gasteiger partial charge on any atom is 0.152 e. The fraction of sp³-hybridized carbons (Fsp3) is 0.200. The zero-order valence-electron chi connectivity index (χ0n) is 10.7. The van der Waals surface area contributed by atoms with E-state index in [4.69, 9.17) is 21.8 Å². The van der Waals surface area contributed by atoms with Gasteiger partial charge in [0.2, 0.25) is 0 Å². The van der Waals surface area contributed by atoms with Crippen molar-refractivity contribution >= 4 is 33.9 Å². The molecule has 3 aromatic rings. The van der Waals surface area contributed by atoms with Crippen LogP contribution in [0.2, 0.25) is 5.02 Å². The summed E-state index contributed by atoms with van der Waals surface area (Å²) in [5.74, 6) is 0.754. The molecule has 19 heavy (non-hydrogen) atoms. The predicted molar refractivity (Wildman–Crippen MR) is 81.0 cm³/mol. The van der Waals surface area contributed by atoms with Gasteiger partial charge in [-0.1, -0.05) is 23.7 Å². The molecule has 98 valence electrons. The van der Waals surface area contributed by atoms with Gasteiger partial charge in [0, 0.05) is 15.1 Å². The number of hydrogen-bond acceptors (Lipinski definition) is 3. The number of furan rings is 1. The van der Waals surface area contributed by atoms with E-state index in [1.54, 1.807) is 11.3 Å². The fourth-order valence-electron chi connectivity index (χ4n) is 2.10. The zero-order valence-corrected chi connectivity index (χ0v) is 12.3. The first-order valence-corrected chi connectivity index (χ1v) is 7.26. The van der Waals surface area contributed by atoms with E-state index in [0.717, 1.165) is 16.0 Å². The lowest BCUT2D eigenvalue weighted by atomic mass is 10.1. The van der Waals surface area contributed by atoms with Gasteiger partial charge in [-0.2, -0.15) is 0 Å². The maximum atomic E-state index is 6.29. The molecule has 2 N–H and O–H groups in total. The van der Waals surface area contributed by atoms with Crippen molar-refractivity contribution in [1.29, 1.82) is 0 Å². The summed E-state index contributed by atoms with van der Waals surface area (Å²) >= 11 is 7.83. The van der Waals surface area contributed by atoms with Crippen LogP contribution >= 0.6 is 22.9 Å². The zero-order chi connectivity index (χ0) is 13.6. The van der Waals surface area contributed by atoms with Crippen LogP contribution in [-0.4, -0.2) is 0 Å². The average molecular weight is 292 g/mol. The van der Waals surface area contributed by atoms with E-state index >= 15 is 0 Å². The summed E-state index contributed by atoms with van der Waals surface area (Å²) in [4.78, 5) is 2.41. The monoisotopic (exact) mass is 291 g/mol. The molecule has 0 spiro atoms. The van der Waals surface area contributed by atoms with Crippen molar-refractivity contribution < 1.29 is 4.42 Å². The van der Waals surface area contributed by atoms with Crippen LogP contribution in [0.15, 0.2) is 34.7 Å².